The molecule has 0 spiro atoms. The van der Waals surface area contributed by atoms with E-state index in [0.29, 0.717) is 38.5 Å². The maximum absolute atomic E-state index is 13.1. The molecule has 8 heteroatoms. The van der Waals surface area contributed by atoms with Crippen LogP contribution in [0.25, 0.3) is 6.08 Å². The van der Waals surface area contributed by atoms with Crippen molar-refractivity contribution in [3.8, 4) is 0 Å². The molecule has 7 nitrogen and oxygen atoms in total. The van der Waals surface area contributed by atoms with E-state index in [1.54, 1.807) is 29.3 Å². The van der Waals surface area contributed by atoms with Crippen LogP contribution in [0.2, 0.25) is 0 Å². The summed E-state index contributed by atoms with van der Waals surface area (Å²) >= 11 is 0. The number of sulfone groups is 1. The van der Waals surface area contributed by atoms with E-state index in [0.717, 1.165) is 11.1 Å². The number of hydrazone groups is 1. The Labute approximate surface area is 169 Å². The van der Waals surface area contributed by atoms with Gasteiger partial charge in [-0.15, -0.1) is 0 Å². The molecule has 0 aliphatic carbocycles. The molecule has 1 saturated heterocycles. The topological polar surface area (TPSA) is 79.3 Å². The molecule has 0 N–H and O–H groups in total. The Hall–Kier alpha value is -2.97. The summed E-state index contributed by atoms with van der Waals surface area (Å²) in [7, 11) is -4.00. The first-order valence-electron chi connectivity index (χ1n) is 9.29. The van der Waals surface area contributed by atoms with E-state index in [2.05, 4.69) is 11.7 Å². The minimum absolute atomic E-state index is 0.0920. The lowest BCUT2D eigenvalue weighted by Gasteiger charge is -2.31. The molecule has 150 valence electrons. The van der Waals surface area contributed by atoms with E-state index in [9.17, 15) is 13.2 Å². The van der Waals surface area contributed by atoms with Gasteiger partial charge in [-0.05, 0) is 23.3 Å². The average Bonchev–Trinajstić information content (AvgIpc) is 2.76. The summed E-state index contributed by atoms with van der Waals surface area (Å²) in [4.78, 5) is 14.6. The van der Waals surface area contributed by atoms with Gasteiger partial charge in [0.15, 0.2) is 0 Å². The van der Waals surface area contributed by atoms with Gasteiger partial charge in [0.05, 0.1) is 30.3 Å². The smallest absolute Gasteiger partial charge is 0.286 e. The molecule has 29 heavy (non-hydrogen) atoms. The van der Waals surface area contributed by atoms with Gasteiger partial charge in [-0.2, -0.15) is 5.10 Å². The first-order valence-corrected chi connectivity index (χ1v) is 10.8. The number of nitrogens with zero attached hydrogens (tertiary/aromatic N) is 3. The average molecular weight is 411 g/mol. The molecule has 1 fully saturated rings. The van der Waals surface area contributed by atoms with Gasteiger partial charge in [0.25, 0.3) is 5.91 Å². The molecule has 2 heterocycles. The maximum atomic E-state index is 13.1. The number of hydrogen-bond acceptors (Lipinski definition) is 6. The van der Waals surface area contributed by atoms with E-state index in [-0.39, 0.29) is 4.90 Å². The third-order valence-electron chi connectivity index (χ3n) is 4.93. The zero-order valence-electron chi connectivity index (χ0n) is 15.8. The van der Waals surface area contributed by atoms with Gasteiger partial charge in [-0.1, -0.05) is 49.1 Å². The molecule has 2 aromatic rings. The summed E-state index contributed by atoms with van der Waals surface area (Å²) in [5.74, 6) is -0.588. The fourth-order valence-electron chi connectivity index (χ4n) is 3.33. The van der Waals surface area contributed by atoms with Crippen LogP contribution in [0.4, 0.5) is 5.69 Å². The molecule has 0 aromatic heterocycles. The zero-order valence-corrected chi connectivity index (χ0v) is 16.6. The number of anilines is 1. The SMILES string of the molecule is C=Cc1ccc(CN2N=C(C(=O)N3CCOCC3)S(=O)(=O)c3ccccc32)cc1. The molecule has 2 aliphatic rings. The highest BCUT2D eigenvalue weighted by Gasteiger charge is 2.39. The molecular formula is C21H21N3O4S. The number of morpholine rings is 1. The number of hydrogen-bond donors (Lipinski definition) is 0. The molecule has 1 amide bonds. The van der Waals surface area contributed by atoms with E-state index < -0.39 is 20.8 Å². The monoisotopic (exact) mass is 411 g/mol. The lowest BCUT2D eigenvalue weighted by molar-refractivity contribution is -0.127. The van der Waals surface area contributed by atoms with Gasteiger partial charge in [-0.25, -0.2) is 8.42 Å². The normalized spacial score (nSPS) is 18.0. The van der Waals surface area contributed by atoms with Crippen molar-refractivity contribution in [1.82, 2.24) is 4.90 Å². The number of fused-ring (bicyclic) bond motifs is 1. The van der Waals surface area contributed by atoms with Crippen LogP contribution in [0, 0.1) is 0 Å². The van der Waals surface area contributed by atoms with E-state index >= 15 is 0 Å². The standard InChI is InChI=1S/C21H21N3O4S/c1-2-16-7-9-17(10-8-16)15-24-18-5-3-4-6-19(18)29(26,27)20(22-24)21(25)23-11-13-28-14-12-23/h2-10H,1,11-15H2. The Morgan fingerprint density at radius 1 is 1.10 bits per heavy atom. The lowest BCUT2D eigenvalue weighted by atomic mass is 10.1. The van der Waals surface area contributed by atoms with Crippen LogP contribution in [0.3, 0.4) is 0 Å². The quantitative estimate of drug-likeness (QED) is 0.771. The van der Waals surface area contributed by atoms with Crippen LogP contribution >= 0.6 is 0 Å². The number of para-hydroxylation sites is 1. The van der Waals surface area contributed by atoms with Crippen molar-refractivity contribution in [3.05, 3.63) is 66.2 Å². The number of amides is 1. The molecule has 0 bridgehead atoms. The van der Waals surface area contributed by atoms with Crippen molar-refractivity contribution in [2.24, 2.45) is 5.10 Å². The summed E-state index contributed by atoms with van der Waals surface area (Å²) in [5, 5.41) is 5.43. The van der Waals surface area contributed by atoms with E-state index in [1.807, 2.05) is 24.3 Å². The third kappa shape index (κ3) is 3.68. The van der Waals surface area contributed by atoms with Crippen molar-refractivity contribution in [3.63, 3.8) is 0 Å². The number of benzene rings is 2. The van der Waals surface area contributed by atoms with Crippen LogP contribution in [-0.4, -0.2) is 50.6 Å². The predicted molar refractivity (Wildman–Crippen MR) is 111 cm³/mol. The number of rotatable bonds is 4. The lowest BCUT2D eigenvalue weighted by Crippen LogP contribution is -2.47. The summed E-state index contributed by atoms with van der Waals surface area (Å²) in [5.41, 5.74) is 2.38. The second-order valence-electron chi connectivity index (χ2n) is 6.78. The molecule has 0 atom stereocenters. The maximum Gasteiger partial charge on any atom is 0.286 e. The van der Waals surface area contributed by atoms with Crippen molar-refractivity contribution >= 4 is 32.6 Å². The Balaban J connectivity index is 1.73. The molecule has 2 aliphatic heterocycles. The van der Waals surface area contributed by atoms with Gasteiger partial charge in [0.1, 0.15) is 0 Å². The summed E-state index contributed by atoms with van der Waals surface area (Å²) in [6, 6.07) is 14.3. The largest absolute Gasteiger partial charge is 0.378 e. The number of ether oxygens (including phenoxy) is 1. The Morgan fingerprint density at radius 2 is 1.79 bits per heavy atom. The predicted octanol–water partition coefficient (Wildman–Crippen LogP) is 2.30. The fraction of sp³-hybridized carbons (Fsp3) is 0.238. The van der Waals surface area contributed by atoms with Gasteiger partial charge in [0, 0.05) is 13.1 Å². The Bertz CT molecular complexity index is 1070. The number of carbonyl (C=O) groups excluding carboxylic acids is 1. The molecule has 0 radical (unpaired) electrons. The van der Waals surface area contributed by atoms with Crippen LogP contribution in [0.1, 0.15) is 11.1 Å². The van der Waals surface area contributed by atoms with Crippen molar-refractivity contribution in [2.75, 3.05) is 31.3 Å². The first-order chi connectivity index (χ1) is 14.0. The number of carbonyl (C=O) groups is 1. The van der Waals surface area contributed by atoms with Gasteiger partial charge in [-0.3, -0.25) is 9.80 Å². The first kappa shape index (κ1) is 19.4. The zero-order chi connectivity index (χ0) is 20.4. The van der Waals surface area contributed by atoms with Crippen LogP contribution in [-0.2, 0) is 25.9 Å². The van der Waals surface area contributed by atoms with E-state index in [4.69, 9.17) is 4.74 Å². The summed E-state index contributed by atoms with van der Waals surface area (Å²) < 4.78 is 31.5. The molecule has 0 saturated carbocycles. The summed E-state index contributed by atoms with van der Waals surface area (Å²) in [6.45, 7) is 5.54. The fourth-order valence-corrected chi connectivity index (χ4v) is 4.81. The van der Waals surface area contributed by atoms with Gasteiger partial charge < -0.3 is 9.64 Å². The second-order valence-corrected chi connectivity index (χ2v) is 8.62. The Kier molecular flexibility index (Phi) is 5.21. The second kappa shape index (κ2) is 7.81. The van der Waals surface area contributed by atoms with Crippen LogP contribution < -0.4 is 5.01 Å². The highest BCUT2D eigenvalue weighted by atomic mass is 32.2. The van der Waals surface area contributed by atoms with Crippen LogP contribution in [0.5, 0.6) is 0 Å². The third-order valence-corrected chi connectivity index (χ3v) is 6.62. The van der Waals surface area contributed by atoms with Crippen molar-refractivity contribution in [2.45, 2.75) is 11.4 Å². The molecule has 2 aromatic carbocycles. The van der Waals surface area contributed by atoms with E-state index in [1.165, 1.54) is 11.0 Å². The Morgan fingerprint density at radius 3 is 2.48 bits per heavy atom. The van der Waals surface area contributed by atoms with Crippen molar-refractivity contribution in [1.29, 1.82) is 0 Å². The molecule has 0 unspecified atom stereocenters. The summed E-state index contributed by atoms with van der Waals surface area (Å²) in [6.07, 6.45) is 1.75. The highest BCUT2D eigenvalue weighted by molar-refractivity contribution is 8.08. The van der Waals surface area contributed by atoms with Crippen LogP contribution in [0.15, 0.2) is 65.1 Å². The minimum Gasteiger partial charge on any atom is -0.378 e. The molecule has 4 rings (SSSR count). The van der Waals surface area contributed by atoms with Gasteiger partial charge in [0.2, 0.25) is 14.9 Å². The highest BCUT2D eigenvalue weighted by Crippen LogP contribution is 2.33. The van der Waals surface area contributed by atoms with Crippen molar-refractivity contribution < 1.29 is 17.9 Å². The molecular weight excluding hydrogens is 390 g/mol. The minimum atomic E-state index is -4.00. The van der Waals surface area contributed by atoms with Gasteiger partial charge >= 0.3 is 0 Å².